The van der Waals surface area contributed by atoms with Gasteiger partial charge in [-0.25, -0.2) is 4.98 Å². The molecule has 9 heteroatoms. The summed E-state index contributed by atoms with van der Waals surface area (Å²) in [7, 11) is 1.76. The zero-order valence-electron chi connectivity index (χ0n) is 13.7. The lowest BCUT2D eigenvalue weighted by Gasteiger charge is -2.12. The molecule has 2 aromatic heterocycles. The average molecular weight is 364 g/mol. The van der Waals surface area contributed by atoms with E-state index in [-0.39, 0.29) is 5.69 Å². The van der Waals surface area contributed by atoms with E-state index in [2.05, 4.69) is 15.0 Å². The Balaban J connectivity index is 2.20. The normalized spacial score (nSPS) is 11.7. The zero-order valence-corrected chi connectivity index (χ0v) is 13.7. The summed E-state index contributed by atoms with van der Waals surface area (Å²) in [6.45, 7) is 0.487. The lowest BCUT2D eigenvalue weighted by atomic mass is 10.2. The molecule has 3 aromatic rings. The Kier molecular flexibility index (Phi) is 4.56. The summed E-state index contributed by atoms with van der Waals surface area (Å²) in [6.07, 6.45) is -4.82. The second-order valence-corrected chi connectivity index (χ2v) is 5.52. The molecule has 0 spiro atoms. The van der Waals surface area contributed by atoms with Crippen LogP contribution in [0.1, 0.15) is 16.2 Å². The van der Waals surface area contributed by atoms with Crippen LogP contribution in [-0.4, -0.2) is 28.9 Å². The highest BCUT2D eigenvalue weighted by molar-refractivity contribution is 5.99. The van der Waals surface area contributed by atoms with Crippen LogP contribution in [0, 0.1) is 0 Å². The van der Waals surface area contributed by atoms with E-state index in [4.69, 9.17) is 5.73 Å². The van der Waals surface area contributed by atoms with Gasteiger partial charge in [0.1, 0.15) is 17.3 Å². The third-order valence-electron chi connectivity index (χ3n) is 3.64. The Morgan fingerprint density at radius 3 is 2.69 bits per heavy atom. The molecule has 0 radical (unpaired) electrons. The molecule has 0 atom stereocenters. The predicted octanol–water partition coefficient (Wildman–Crippen LogP) is 2.74. The fraction of sp³-hybridized carbons (Fsp3) is 0.176. The smallest absolute Gasteiger partial charge is 0.406 e. The van der Waals surface area contributed by atoms with E-state index in [0.29, 0.717) is 29.0 Å². The highest BCUT2D eigenvalue weighted by Gasteiger charge is 2.31. The van der Waals surface area contributed by atoms with Crippen LogP contribution < -0.4 is 15.8 Å². The third kappa shape index (κ3) is 3.62. The number of pyridine rings is 1. The fourth-order valence-electron chi connectivity index (χ4n) is 2.68. The molecule has 136 valence electrons. The second-order valence-electron chi connectivity index (χ2n) is 5.52. The van der Waals surface area contributed by atoms with Crippen molar-refractivity contribution in [3.05, 3.63) is 53.9 Å². The minimum Gasteiger partial charge on any atom is -0.406 e. The third-order valence-corrected chi connectivity index (χ3v) is 3.64. The predicted molar refractivity (Wildman–Crippen MR) is 89.0 cm³/mol. The van der Waals surface area contributed by atoms with Gasteiger partial charge in [0.15, 0.2) is 0 Å². The number of carbonyl (C=O) groups is 1. The molecule has 0 saturated heterocycles. The van der Waals surface area contributed by atoms with Crippen molar-refractivity contribution in [1.82, 2.24) is 14.9 Å². The van der Waals surface area contributed by atoms with Gasteiger partial charge in [-0.2, -0.15) is 0 Å². The van der Waals surface area contributed by atoms with Crippen molar-refractivity contribution in [3.63, 3.8) is 0 Å². The van der Waals surface area contributed by atoms with Crippen LogP contribution >= 0.6 is 0 Å². The maximum absolute atomic E-state index is 12.5. The SMILES string of the molecule is CNCc1cccc(-n2c(C(N)=O)cc3ccc(OC(F)(F)F)cc32)n1. The first kappa shape index (κ1) is 17.7. The number of nitrogens with two attached hydrogens (primary N) is 1. The number of halogens is 3. The number of aromatic nitrogens is 2. The number of fused-ring (bicyclic) bond motifs is 1. The summed E-state index contributed by atoms with van der Waals surface area (Å²) in [4.78, 5) is 16.3. The maximum atomic E-state index is 12.5. The van der Waals surface area contributed by atoms with Gasteiger partial charge in [-0.05, 0) is 37.4 Å². The van der Waals surface area contributed by atoms with Crippen LogP contribution in [-0.2, 0) is 6.54 Å². The van der Waals surface area contributed by atoms with Gasteiger partial charge in [0.25, 0.3) is 5.91 Å². The van der Waals surface area contributed by atoms with Crippen LogP contribution in [0.25, 0.3) is 16.7 Å². The molecule has 0 aliphatic heterocycles. The molecule has 0 unspecified atom stereocenters. The van der Waals surface area contributed by atoms with E-state index in [0.717, 1.165) is 0 Å². The van der Waals surface area contributed by atoms with Gasteiger partial charge in [0.05, 0.1) is 11.2 Å². The van der Waals surface area contributed by atoms with E-state index < -0.39 is 18.0 Å². The lowest BCUT2D eigenvalue weighted by Crippen LogP contribution is -2.18. The Bertz CT molecular complexity index is 966. The lowest BCUT2D eigenvalue weighted by molar-refractivity contribution is -0.274. The fourth-order valence-corrected chi connectivity index (χ4v) is 2.68. The minimum atomic E-state index is -4.82. The van der Waals surface area contributed by atoms with E-state index in [1.807, 2.05) is 0 Å². The van der Waals surface area contributed by atoms with Crippen molar-refractivity contribution in [1.29, 1.82) is 0 Å². The molecule has 2 heterocycles. The number of primary amides is 1. The largest absolute Gasteiger partial charge is 0.573 e. The van der Waals surface area contributed by atoms with Crippen molar-refractivity contribution in [2.75, 3.05) is 7.05 Å². The molecule has 0 aliphatic rings. The summed E-state index contributed by atoms with van der Waals surface area (Å²) in [6, 6.07) is 10.5. The van der Waals surface area contributed by atoms with Crippen LogP contribution in [0.3, 0.4) is 0 Å². The average Bonchev–Trinajstić information content (AvgIpc) is 2.93. The van der Waals surface area contributed by atoms with Crippen LogP contribution in [0.5, 0.6) is 5.75 Å². The van der Waals surface area contributed by atoms with E-state index in [1.165, 1.54) is 28.8 Å². The molecule has 26 heavy (non-hydrogen) atoms. The number of alkyl halides is 3. The molecular weight excluding hydrogens is 349 g/mol. The second kappa shape index (κ2) is 6.68. The van der Waals surface area contributed by atoms with Gasteiger partial charge >= 0.3 is 6.36 Å². The Labute approximate surface area is 146 Å². The van der Waals surface area contributed by atoms with E-state index in [9.17, 15) is 18.0 Å². The Hall–Kier alpha value is -3.07. The van der Waals surface area contributed by atoms with Crippen LogP contribution in [0.4, 0.5) is 13.2 Å². The minimum absolute atomic E-state index is 0.110. The first-order chi connectivity index (χ1) is 12.3. The first-order valence-corrected chi connectivity index (χ1v) is 7.60. The number of rotatable bonds is 5. The summed E-state index contributed by atoms with van der Waals surface area (Å²) in [5.74, 6) is -0.752. The van der Waals surface area contributed by atoms with Crippen molar-refractivity contribution >= 4 is 16.8 Å². The highest BCUT2D eigenvalue weighted by Crippen LogP contribution is 2.30. The number of amides is 1. The van der Waals surface area contributed by atoms with Gasteiger partial charge < -0.3 is 15.8 Å². The van der Waals surface area contributed by atoms with Gasteiger partial charge in [0, 0.05) is 18.0 Å². The molecule has 0 saturated carbocycles. The number of carbonyl (C=O) groups excluding carboxylic acids is 1. The van der Waals surface area contributed by atoms with Crippen molar-refractivity contribution in [2.24, 2.45) is 5.73 Å². The number of ether oxygens (including phenoxy) is 1. The summed E-state index contributed by atoms with van der Waals surface area (Å²) < 4.78 is 42.9. The highest BCUT2D eigenvalue weighted by atomic mass is 19.4. The van der Waals surface area contributed by atoms with Crippen molar-refractivity contribution in [3.8, 4) is 11.6 Å². The molecular formula is C17H15F3N4O2. The Morgan fingerprint density at radius 1 is 1.27 bits per heavy atom. The number of nitrogens with one attached hydrogen (secondary N) is 1. The van der Waals surface area contributed by atoms with Crippen molar-refractivity contribution < 1.29 is 22.7 Å². The Morgan fingerprint density at radius 2 is 2.04 bits per heavy atom. The van der Waals surface area contributed by atoms with Gasteiger partial charge in [-0.3, -0.25) is 9.36 Å². The number of hydrogen-bond donors (Lipinski definition) is 2. The number of benzene rings is 1. The standard InChI is InChI=1S/C17H15F3N4O2/c1-22-9-11-3-2-4-15(23-11)24-13-8-12(26-17(18,19)20)6-5-10(13)7-14(24)16(21)25/h2-8,22H,9H2,1H3,(H2,21,25). The summed E-state index contributed by atoms with van der Waals surface area (Å²) in [5.41, 5.74) is 6.58. The molecule has 3 rings (SSSR count). The number of hydrogen-bond acceptors (Lipinski definition) is 4. The van der Waals surface area contributed by atoms with Crippen molar-refractivity contribution in [2.45, 2.75) is 12.9 Å². The molecule has 0 bridgehead atoms. The van der Waals surface area contributed by atoms with Crippen LogP contribution in [0.15, 0.2) is 42.5 Å². The van der Waals surface area contributed by atoms with E-state index >= 15 is 0 Å². The van der Waals surface area contributed by atoms with Crippen LogP contribution in [0.2, 0.25) is 0 Å². The van der Waals surface area contributed by atoms with Gasteiger partial charge in [-0.1, -0.05) is 6.07 Å². The zero-order chi connectivity index (χ0) is 18.9. The topological polar surface area (TPSA) is 82.2 Å². The molecule has 0 aliphatic carbocycles. The van der Waals surface area contributed by atoms with E-state index in [1.54, 1.807) is 25.2 Å². The quantitative estimate of drug-likeness (QED) is 0.729. The summed E-state index contributed by atoms with van der Waals surface area (Å²) in [5, 5.41) is 3.49. The molecule has 6 nitrogen and oxygen atoms in total. The monoisotopic (exact) mass is 364 g/mol. The molecule has 0 fully saturated rings. The van der Waals surface area contributed by atoms with Gasteiger partial charge in [-0.15, -0.1) is 13.2 Å². The molecule has 1 amide bonds. The van der Waals surface area contributed by atoms with Gasteiger partial charge in [0.2, 0.25) is 0 Å². The first-order valence-electron chi connectivity index (χ1n) is 7.60. The number of nitrogens with zero attached hydrogens (tertiary/aromatic N) is 2. The maximum Gasteiger partial charge on any atom is 0.573 e. The summed E-state index contributed by atoms with van der Waals surface area (Å²) >= 11 is 0. The molecule has 3 N–H and O–H groups in total. The molecule has 1 aromatic carbocycles.